The van der Waals surface area contributed by atoms with Crippen molar-refractivity contribution in [1.29, 1.82) is 0 Å². The zero-order valence-corrected chi connectivity index (χ0v) is 29.1. The topological polar surface area (TPSA) is 94.6 Å². The number of benzene rings is 2. The van der Waals surface area contributed by atoms with Crippen LogP contribution in [0.3, 0.4) is 0 Å². The summed E-state index contributed by atoms with van der Waals surface area (Å²) in [5.41, 5.74) is 6.58. The lowest BCUT2D eigenvalue weighted by Gasteiger charge is -2.38. The number of thiophene rings is 1. The molecule has 0 bridgehead atoms. The van der Waals surface area contributed by atoms with Gasteiger partial charge < -0.3 is 15.5 Å². The number of carbonyl (C=O) groups excluding carboxylic acids is 3. The number of nitrogens with zero attached hydrogens (tertiary/aromatic N) is 3. The molecule has 3 heterocycles. The Morgan fingerprint density at radius 2 is 1.51 bits per heavy atom. The summed E-state index contributed by atoms with van der Waals surface area (Å²) in [4.78, 5) is 49.3. The third-order valence-corrected chi connectivity index (χ3v) is 11.4. The molecule has 0 spiro atoms. The zero-order chi connectivity index (χ0) is 33.7. The third kappa shape index (κ3) is 8.11. The number of nitrogens with one attached hydrogen (secondary N) is 2. The van der Waals surface area contributed by atoms with Crippen molar-refractivity contribution in [3.63, 3.8) is 0 Å². The summed E-state index contributed by atoms with van der Waals surface area (Å²) in [6.45, 7) is 4.07. The molecule has 0 radical (unpaired) electrons. The number of amides is 3. The molecular formula is C40H45N5O3S. The summed E-state index contributed by atoms with van der Waals surface area (Å²) >= 11 is 1.55. The maximum atomic E-state index is 13.8. The Balaban J connectivity index is 1.03. The van der Waals surface area contributed by atoms with Crippen molar-refractivity contribution < 1.29 is 14.4 Å². The van der Waals surface area contributed by atoms with Crippen LogP contribution in [0.2, 0.25) is 0 Å². The fourth-order valence-corrected chi connectivity index (χ4v) is 8.63. The van der Waals surface area contributed by atoms with Gasteiger partial charge >= 0.3 is 0 Å². The van der Waals surface area contributed by atoms with Gasteiger partial charge in [-0.05, 0) is 123 Å². The smallest absolute Gasteiger partial charge is 0.258 e. The summed E-state index contributed by atoms with van der Waals surface area (Å²) in [5, 5.41) is 6.90. The number of likely N-dealkylation sites (tertiary alicyclic amines) is 1. The molecule has 2 N–H and O–H groups in total. The van der Waals surface area contributed by atoms with Crippen LogP contribution >= 0.6 is 11.3 Å². The molecule has 3 amide bonds. The van der Waals surface area contributed by atoms with Crippen molar-refractivity contribution >= 4 is 39.7 Å². The predicted octanol–water partition coefficient (Wildman–Crippen LogP) is 7.29. The van der Waals surface area contributed by atoms with Gasteiger partial charge in [-0.2, -0.15) is 0 Å². The third-order valence-electron chi connectivity index (χ3n) is 10.2. The van der Waals surface area contributed by atoms with E-state index in [-0.39, 0.29) is 17.7 Å². The Morgan fingerprint density at radius 3 is 2.22 bits per heavy atom. The standard InChI is InChI=1S/C40H45N5O3S/c1-27(46)44-23-19-34(20-24-44)45(33-15-16-33)26-30-5-4-6-31(25-30)38(47)43-40-37(35-7-2-3-8-36(35)49-40)39(48)42-32-13-11-28(12-14-32)9-10-29-17-21-41-22-18-29/h4-6,11-14,17-18,21-22,25,33-34H,2-3,7-10,15-16,19-20,23-24,26H2,1H3,(H,42,48)(H,43,47). The number of anilines is 2. The number of aryl methyl sites for hydroxylation is 3. The number of rotatable bonds is 11. The van der Waals surface area contributed by atoms with E-state index in [1.807, 2.05) is 59.8 Å². The van der Waals surface area contributed by atoms with E-state index in [0.717, 1.165) is 87.8 Å². The minimum Gasteiger partial charge on any atom is -0.343 e. The second kappa shape index (κ2) is 15.0. The van der Waals surface area contributed by atoms with E-state index in [4.69, 9.17) is 0 Å². The highest BCUT2D eigenvalue weighted by atomic mass is 32.1. The highest BCUT2D eigenvalue weighted by molar-refractivity contribution is 7.17. The number of aromatic nitrogens is 1. The van der Waals surface area contributed by atoms with Gasteiger partial charge in [0.1, 0.15) is 5.00 Å². The van der Waals surface area contributed by atoms with Crippen LogP contribution in [-0.2, 0) is 37.0 Å². The second-order valence-corrected chi connectivity index (χ2v) is 14.8. The largest absolute Gasteiger partial charge is 0.343 e. The van der Waals surface area contributed by atoms with Crippen molar-refractivity contribution in [2.24, 2.45) is 0 Å². The normalized spacial score (nSPS) is 16.3. The van der Waals surface area contributed by atoms with Gasteiger partial charge in [-0.1, -0.05) is 24.3 Å². The Bertz CT molecular complexity index is 1790. The lowest BCUT2D eigenvalue weighted by molar-refractivity contribution is -0.130. The summed E-state index contributed by atoms with van der Waals surface area (Å²) in [5.74, 6) is -0.214. The highest BCUT2D eigenvalue weighted by Crippen LogP contribution is 2.39. The van der Waals surface area contributed by atoms with Gasteiger partial charge in [0, 0.05) is 67.2 Å². The molecule has 9 heteroatoms. The van der Waals surface area contributed by atoms with Gasteiger partial charge in [0.25, 0.3) is 11.8 Å². The first-order chi connectivity index (χ1) is 23.9. The van der Waals surface area contributed by atoms with Gasteiger partial charge in [0.15, 0.2) is 0 Å². The van der Waals surface area contributed by atoms with Gasteiger partial charge in [0.05, 0.1) is 5.56 Å². The number of hydrogen-bond donors (Lipinski definition) is 2. The average Bonchev–Trinajstić information content (AvgIpc) is 3.91. The zero-order valence-electron chi connectivity index (χ0n) is 28.2. The fourth-order valence-electron chi connectivity index (χ4n) is 7.35. The van der Waals surface area contributed by atoms with Crippen LogP contribution in [0.1, 0.15) is 93.3 Å². The maximum Gasteiger partial charge on any atom is 0.258 e. The molecular weight excluding hydrogens is 631 g/mol. The van der Waals surface area contributed by atoms with Crippen molar-refractivity contribution in [1.82, 2.24) is 14.8 Å². The molecule has 3 aliphatic rings. The van der Waals surface area contributed by atoms with Crippen LogP contribution in [0.25, 0.3) is 0 Å². The first-order valence-electron chi connectivity index (χ1n) is 17.8. The van der Waals surface area contributed by atoms with Gasteiger partial charge in [-0.15, -0.1) is 11.3 Å². The average molecular weight is 676 g/mol. The Hall–Kier alpha value is -4.34. The van der Waals surface area contributed by atoms with Gasteiger partial charge in [0.2, 0.25) is 5.91 Å². The highest BCUT2D eigenvalue weighted by Gasteiger charge is 2.36. The van der Waals surface area contributed by atoms with E-state index < -0.39 is 0 Å². The van der Waals surface area contributed by atoms with Gasteiger partial charge in [-0.25, -0.2) is 0 Å². The molecule has 0 unspecified atom stereocenters. The first-order valence-corrected chi connectivity index (χ1v) is 18.6. The van der Waals surface area contributed by atoms with Crippen LogP contribution in [0.4, 0.5) is 10.7 Å². The molecule has 2 fully saturated rings. The molecule has 0 atom stereocenters. The molecule has 1 aliphatic heterocycles. The quantitative estimate of drug-likeness (QED) is 0.174. The fraction of sp³-hybridized carbons (Fsp3) is 0.400. The lowest BCUT2D eigenvalue weighted by atomic mass is 9.95. The molecule has 49 heavy (non-hydrogen) atoms. The van der Waals surface area contributed by atoms with Crippen molar-refractivity contribution in [2.45, 2.75) is 89.8 Å². The summed E-state index contributed by atoms with van der Waals surface area (Å²) in [7, 11) is 0. The molecule has 7 rings (SSSR count). The van der Waals surface area contributed by atoms with Crippen molar-refractivity contribution in [3.8, 4) is 0 Å². The first kappa shape index (κ1) is 33.2. The maximum absolute atomic E-state index is 13.8. The SMILES string of the molecule is CC(=O)N1CCC(N(Cc2cccc(C(=O)Nc3sc4c(c3C(=O)Nc3ccc(CCc5ccncc5)cc3)CCCC4)c2)C2CC2)CC1. The van der Waals surface area contributed by atoms with Crippen LogP contribution in [0.15, 0.2) is 73.1 Å². The Labute approximate surface area is 292 Å². The molecule has 1 saturated heterocycles. The van der Waals surface area contributed by atoms with Crippen LogP contribution in [0, 0.1) is 0 Å². The van der Waals surface area contributed by atoms with Gasteiger partial charge in [-0.3, -0.25) is 24.3 Å². The van der Waals surface area contributed by atoms with Crippen molar-refractivity contribution in [3.05, 3.63) is 111 Å². The predicted molar refractivity (Wildman–Crippen MR) is 195 cm³/mol. The Kier molecular flexibility index (Phi) is 10.2. The van der Waals surface area contributed by atoms with Crippen LogP contribution < -0.4 is 10.6 Å². The molecule has 4 aromatic rings. The summed E-state index contributed by atoms with van der Waals surface area (Å²) in [6, 6.07) is 21.1. The molecule has 2 aromatic carbocycles. The van der Waals surface area contributed by atoms with E-state index in [0.29, 0.717) is 28.2 Å². The number of piperidine rings is 1. The van der Waals surface area contributed by atoms with E-state index in [2.05, 4.69) is 38.7 Å². The molecule has 2 aliphatic carbocycles. The number of hydrogen-bond acceptors (Lipinski definition) is 6. The number of carbonyl (C=O) groups is 3. The number of pyridine rings is 1. The molecule has 1 saturated carbocycles. The second-order valence-electron chi connectivity index (χ2n) is 13.7. The van der Waals surface area contributed by atoms with Crippen LogP contribution in [-0.4, -0.2) is 57.7 Å². The molecule has 2 aromatic heterocycles. The van der Waals surface area contributed by atoms with E-state index >= 15 is 0 Å². The van der Waals surface area contributed by atoms with Crippen LogP contribution in [0.5, 0.6) is 0 Å². The van der Waals surface area contributed by atoms with E-state index in [1.165, 1.54) is 28.8 Å². The summed E-state index contributed by atoms with van der Waals surface area (Å²) in [6.07, 6.45) is 13.8. The monoisotopic (exact) mass is 675 g/mol. The minimum atomic E-state index is -0.194. The summed E-state index contributed by atoms with van der Waals surface area (Å²) < 4.78 is 0. The van der Waals surface area contributed by atoms with E-state index in [9.17, 15) is 14.4 Å². The minimum absolute atomic E-state index is 0.157. The van der Waals surface area contributed by atoms with Crippen molar-refractivity contribution in [2.75, 3.05) is 23.7 Å². The van der Waals surface area contributed by atoms with E-state index in [1.54, 1.807) is 18.3 Å². The lowest BCUT2D eigenvalue weighted by Crippen LogP contribution is -2.46. The Morgan fingerprint density at radius 1 is 0.816 bits per heavy atom. The molecule has 254 valence electrons. The molecule has 8 nitrogen and oxygen atoms in total. The number of fused-ring (bicyclic) bond motifs is 1.